The summed E-state index contributed by atoms with van der Waals surface area (Å²) in [6, 6.07) is 3.18. The quantitative estimate of drug-likeness (QED) is 0.511. The molecule has 1 aromatic carbocycles. The van der Waals surface area contributed by atoms with Crippen LogP contribution in [0.25, 0.3) is 0 Å². The van der Waals surface area contributed by atoms with E-state index in [9.17, 15) is 23.3 Å². The van der Waals surface area contributed by atoms with Crippen LogP contribution in [0.4, 0.5) is 11.4 Å². The Morgan fingerprint density at radius 2 is 2.10 bits per heavy atom. The summed E-state index contributed by atoms with van der Waals surface area (Å²) in [4.78, 5) is 20.9. The van der Waals surface area contributed by atoms with Crippen LogP contribution in [0.2, 0.25) is 0 Å². The number of hydrogen-bond donors (Lipinski definition) is 3. The van der Waals surface area contributed by atoms with Gasteiger partial charge < -0.3 is 10.4 Å². The summed E-state index contributed by atoms with van der Waals surface area (Å²) in [5.74, 6) is -0.959. The van der Waals surface area contributed by atoms with E-state index in [1.807, 2.05) is 0 Å². The number of nitro benzene ring substituents is 1. The summed E-state index contributed by atoms with van der Waals surface area (Å²) in [6.07, 6.45) is 0.997. The maximum atomic E-state index is 11.2. The fraction of sp³-hybridized carbons (Fsp3) is 0.364. The Labute approximate surface area is 120 Å². The van der Waals surface area contributed by atoms with E-state index in [0.717, 1.165) is 12.1 Å². The molecule has 0 unspecified atom stereocenters. The van der Waals surface area contributed by atoms with Crippen LogP contribution < -0.4 is 10.5 Å². The van der Waals surface area contributed by atoms with Gasteiger partial charge in [0.25, 0.3) is 5.69 Å². The molecule has 1 aliphatic carbocycles. The number of carboxylic acids is 1. The second-order valence-corrected chi connectivity index (χ2v) is 6.48. The maximum absolute atomic E-state index is 11.2. The fourth-order valence-corrected chi connectivity index (χ4v) is 2.40. The minimum absolute atomic E-state index is 0.0396. The third kappa shape index (κ3) is 3.11. The molecule has 1 saturated carbocycles. The van der Waals surface area contributed by atoms with E-state index < -0.39 is 32.0 Å². The predicted molar refractivity (Wildman–Crippen MR) is 72.3 cm³/mol. The highest BCUT2D eigenvalue weighted by atomic mass is 32.2. The summed E-state index contributed by atoms with van der Waals surface area (Å²) in [5.41, 5.74) is -1.31. The number of sulfonamides is 1. The molecule has 10 heteroatoms. The van der Waals surface area contributed by atoms with Gasteiger partial charge in [-0.3, -0.25) is 14.9 Å². The molecule has 0 heterocycles. The summed E-state index contributed by atoms with van der Waals surface area (Å²) < 4.78 is 22.4. The molecule has 1 fully saturated rings. The summed E-state index contributed by atoms with van der Waals surface area (Å²) in [6.45, 7) is 0.0396. The third-order valence-electron chi connectivity index (χ3n) is 3.42. The van der Waals surface area contributed by atoms with Crippen molar-refractivity contribution in [3.05, 3.63) is 28.3 Å². The Morgan fingerprint density at radius 3 is 2.52 bits per heavy atom. The van der Waals surface area contributed by atoms with Gasteiger partial charge in [-0.15, -0.1) is 0 Å². The normalized spacial score (nSPS) is 16.2. The van der Waals surface area contributed by atoms with Crippen LogP contribution in [0, 0.1) is 15.5 Å². The first-order valence-electron chi connectivity index (χ1n) is 5.94. The van der Waals surface area contributed by atoms with Crippen molar-refractivity contribution < 1.29 is 23.2 Å². The topological polar surface area (TPSA) is 153 Å². The standard InChI is InChI=1S/C11H13N3O6S/c12-21(19,20)7-1-2-8(9(5-7)14(17)18)13-6-11(3-4-11)10(15)16/h1-2,5,13H,3-4,6H2,(H,15,16)(H2,12,19,20). The molecular formula is C11H13N3O6S. The predicted octanol–water partition coefficient (Wildman–Crippen LogP) is 0.519. The van der Waals surface area contributed by atoms with Crippen LogP contribution in [0.1, 0.15) is 12.8 Å². The van der Waals surface area contributed by atoms with Crippen molar-refractivity contribution in [2.75, 3.05) is 11.9 Å². The number of carbonyl (C=O) groups is 1. The highest BCUT2D eigenvalue weighted by Gasteiger charge is 2.50. The van der Waals surface area contributed by atoms with Gasteiger partial charge in [0.2, 0.25) is 10.0 Å². The molecule has 114 valence electrons. The van der Waals surface area contributed by atoms with Gasteiger partial charge in [-0.2, -0.15) is 0 Å². The zero-order valence-electron chi connectivity index (χ0n) is 10.8. The largest absolute Gasteiger partial charge is 0.481 e. The van der Waals surface area contributed by atoms with Crippen LogP contribution in [0.15, 0.2) is 23.1 Å². The van der Waals surface area contributed by atoms with Gasteiger partial charge in [0.05, 0.1) is 15.2 Å². The third-order valence-corrected chi connectivity index (χ3v) is 4.33. The Kier molecular flexibility index (Phi) is 3.59. The van der Waals surface area contributed by atoms with Gasteiger partial charge in [0.1, 0.15) is 5.69 Å². The molecule has 0 amide bonds. The van der Waals surface area contributed by atoms with Crippen LogP contribution >= 0.6 is 0 Å². The van der Waals surface area contributed by atoms with Crippen molar-refractivity contribution >= 4 is 27.4 Å². The molecule has 2 rings (SSSR count). The minimum atomic E-state index is -4.05. The van der Waals surface area contributed by atoms with Crippen molar-refractivity contribution in [2.45, 2.75) is 17.7 Å². The molecule has 0 radical (unpaired) electrons. The number of benzene rings is 1. The lowest BCUT2D eigenvalue weighted by atomic mass is 10.1. The summed E-state index contributed by atoms with van der Waals surface area (Å²) in [5, 5.41) is 27.6. The molecule has 0 aliphatic heterocycles. The minimum Gasteiger partial charge on any atom is -0.481 e. The van der Waals surface area contributed by atoms with Gasteiger partial charge in [-0.1, -0.05) is 0 Å². The van der Waals surface area contributed by atoms with Gasteiger partial charge in [0.15, 0.2) is 0 Å². The number of nitrogens with zero attached hydrogens (tertiary/aromatic N) is 1. The van der Waals surface area contributed by atoms with Gasteiger partial charge >= 0.3 is 5.97 Å². The second kappa shape index (κ2) is 4.97. The number of nitro groups is 1. The van der Waals surface area contributed by atoms with E-state index >= 15 is 0 Å². The molecule has 0 atom stereocenters. The van der Waals surface area contributed by atoms with Crippen molar-refractivity contribution in [1.29, 1.82) is 0 Å². The van der Waals surface area contributed by atoms with Gasteiger partial charge in [-0.05, 0) is 25.0 Å². The van der Waals surface area contributed by atoms with Crippen molar-refractivity contribution in [1.82, 2.24) is 0 Å². The SMILES string of the molecule is NS(=O)(=O)c1ccc(NCC2(C(=O)O)CC2)c([N+](=O)[O-])c1. The van der Waals surface area contributed by atoms with Gasteiger partial charge in [-0.25, -0.2) is 13.6 Å². The Bertz CT molecular complexity index is 711. The van der Waals surface area contributed by atoms with E-state index in [0.29, 0.717) is 12.8 Å². The second-order valence-electron chi connectivity index (χ2n) is 4.92. The van der Waals surface area contributed by atoms with Crippen LogP contribution in [-0.4, -0.2) is 31.0 Å². The van der Waals surface area contributed by atoms with Crippen LogP contribution in [-0.2, 0) is 14.8 Å². The maximum Gasteiger partial charge on any atom is 0.311 e. The number of aliphatic carboxylic acids is 1. The first-order valence-corrected chi connectivity index (χ1v) is 7.49. The number of anilines is 1. The molecule has 1 aliphatic rings. The Morgan fingerprint density at radius 1 is 1.48 bits per heavy atom. The van der Waals surface area contributed by atoms with E-state index in [2.05, 4.69) is 5.32 Å². The summed E-state index contributed by atoms with van der Waals surface area (Å²) >= 11 is 0. The zero-order chi connectivity index (χ0) is 15.8. The number of rotatable bonds is 6. The van der Waals surface area contributed by atoms with Gasteiger partial charge in [0, 0.05) is 12.6 Å². The highest BCUT2D eigenvalue weighted by molar-refractivity contribution is 7.89. The Hall–Kier alpha value is -2.20. The lowest BCUT2D eigenvalue weighted by molar-refractivity contribution is -0.384. The smallest absolute Gasteiger partial charge is 0.311 e. The average Bonchev–Trinajstić information content (AvgIpc) is 3.16. The Balaban J connectivity index is 2.28. The first kappa shape index (κ1) is 15.2. The fourth-order valence-electron chi connectivity index (χ4n) is 1.87. The first-order chi connectivity index (χ1) is 9.66. The lowest BCUT2D eigenvalue weighted by Gasteiger charge is -2.12. The molecule has 0 aromatic heterocycles. The number of hydrogen-bond acceptors (Lipinski definition) is 6. The number of nitrogens with two attached hydrogens (primary N) is 1. The molecule has 0 spiro atoms. The molecule has 21 heavy (non-hydrogen) atoms. The van der Waals surface area contributed by atoms with Crippen LogP contribution in [0.3, 0.4) is 0 Å². The highest BCUT2D eigenvalue weighted by Crippen LogP contribution is 2.46. The molecule has 4 N–H and O–H groups in total. The number of nitrogens with one attached hydrogen (secondary N) is 1. The average molecular weight is 315 g/mol. The van der Waals surface area contributed by atoms with Crippen molar-refractivity contribution in [3.8, 4) is 0 Å². The van der Waals surface area contributed by atoms with Crippen LogP contribution in [0.5, 0.6) is 0 Å². The molecule has 1 aromatic rings. The van der Waals surface area contributed by atoms with E-state index in [1.54, 1.807) is 0 Å². The monoisotopic (exact) mass is 315 g/mol. The molecular weight excluding hydrogens is 302 g/mol. The van der Waals surface area contributed by atoms with Crippen molar-refractivity contribution in [2.24, 2.45) is 10.6 Å². The molecule has 9 nitrogen and oxygen atoms in total. The summed E-state index contributed by atoms with van der Waals surface area (Å²) in [7, 11) is -4.05. The van der Waals surface area contributed by atoms with E-state index in [-0.39, 0.29) is 17.1 Å². The number of carboxylic acid groups (broad SMARTS) is 1. The number of primary sulfonamides is 1. The zero-order valence-corrected chi connectivity index (χ0v) is 11.6. The molecule has 0 bridgehead atoms. The lowest BCUT2D eigenvalue weighted by Crippen LogP contribution is -2.24. The van der Waals surface area contributed by atoms with Crippen molar-refractivity contribution in [3.63, 3.8) is 0 Å². The van der Waals surface area contributed by atoms with E-state index in [1.165, 1.54) is 6.07 Å². The van der Waals surface area contributed by atoms with E-state index in [4.69, 9.17) is 10.2 Å². The molecule has 0 saturated heterocycles.